The van der Waals surface area contributed by atoms with Gasteiger partial charge in [-0.15, -0.1) is 0 Å². The maximum absolute atomic E-state index is 12.2. The van der Waals surface area contributed by atoms with E-state index in [4.69, 9.17) is 4.74 Å². The van der Waals surface area contributed by atoms with Gasteiger partial charge >= 0.3 is 0 Å². The maximum atomic E-state index is 12.2. The molecule has 0 atom stereocenters. The Labute approximate surface area is 142 Å². The van der Waals surface area contributed by atoms with Crippen molar-refractivity contribution < 1.29 is 9.53 Å². The number of thioether (sulfide) groups is 1. The average Bonchev–Trinajstić information content (AvgIpc) is 2.60. The second kappa shape index (κ2) is 7.18. The fraction of sp³-hybridized carbons (Fsp3) is 0.118. The van der Waals surface area contributed by atoms with Crippen LogP contribution in [0.4, 0.5) is 5.69 Å². The Morgan fingerprint density at radius 1 is 1.25 bits per heavy atom. The Balaban J connectivity index is 1.69. The fourth-order valence-electron chi connectivity index (χ4n) is 2.24. The second-order valence-corrected chi connectivity index (χ2v) is 5.92. The van der Waals surface area contributed by atoms with E-state index < -0.39 is 0 Å². The van der Waals surface area contributed by atoms with Crippen molar-refractivity contribution in [3.05, 3.63) is 58.9 Å². The van der Waals surface area contributed by atoms with Gasteiger partial charge in [0.2, 0.25) is 11.8 Å². The highest BCUT2D eigenvalue weighted by atomic mass is 32.2. The van der Waals surface area contributed by atoms with Crippen LogP contribution >= 0.6 is 11.8 Å². The zero-order valence-electron chi connectivity index (χ0n) is 12.9. The molecule has 24 heavy (non-hydrogen) atoms. The summed E-state index contributed by atoms with van der Waals surface area (Å²) < 4.78 is 4.94. The molecule has 0 saturated heterocycles. The second-order valence-electron chi connectivity index (χ2n) is 4.96. The zero-order chi connectivity index (χ0) is 16.9. The number of aromatic amines is 1. The van der Waals surface area contributed by atoms with E-state index in [1.54, 1.807) is 0 Å². The van der Waals surface area contributed by atoms with Crippen molar-refractivity contribution in [2.75, 3.05) is 18.2 Å². The van der Waals surface area contributed by atoms with Crippen LogP contribution in [0.3, 0.4) is 0 Å². The molecule has 122 valence electrons. The van der Waals surface area contributed by atoms with Crippen LogP contribution in [0.1, 0.15) is 0 Å². The van der Waals surface area contributed by atoms with Crippen LogP contribution in [0.25, 0.3) is 10.8 Å². The number of anilines is 1. The zero-order valence-corrected chi connectivity index (χ0v) is 13.7. The van der Waals surface area contributed by atoms with Crippen LogP contribution in [0.15, 0.2) is 58.5 Å². The molecule has 3 rings (SSSR count). The van der Waals surface area contributed by atoms with Gasteiger partial charge in [-0.05, 0) is 11.5 Å². The molecule has 0 aliphatic rings. The Kier molecular flexibility index (Phi) is 4.81. The Morgan fingerprint density at radius 3 is 2.88 bits per heavy atom. The Hall–Kier alpha value is -2.80. The van der Waals surface area contributed by atoms with Crippen molar-refractivity contribution in [3.8, 4) is 5.88 Å². The van der Waals surface area contributed by atoms with E-state index in [1.165, 1.54) is 13.2 Å². The molecule has 2 aromatic carbocycles. The summed E-state index contributed by atoms with van der Waals surface area (Å²) in [5.74, 6) is 0.164. The molecule has 3 aromatic rings. The van der Waals surface area contributed by atoms with Crippen molar-refractivity contribution in [1.29, 1.82) is 0 Å². The number of nitrogens with zero attached hydrogens (tertiary/aromatic N) is 1. The van der Waals surface area contributed by atoms with Gasteiger partial charge in [-0.2, -0.15) is 4.98 Å². The lowest BCUT2D eigenvalue weighted by atomic mass is 10.1. The summed E-state index contributed by atoms with van der Waals surface area (Å²) in [6.45, 7) is 0. The molecule has 1 amide bonds. The average molecular weight is 341 g/mol. The van der Waals surface area contributed by atoms with E-state index in [0.29, 0.717) is 5.16 Å². The molecule has 1 aromatic heterocycles. The number of H-pyrrole nitrogens is 1. The number of carbonyl (C=O) groups excluding carboxylic acids is 1. The highest BCUT2D eigenvalue weighted by Crippen LogP contribution is 2.23. The van der Waals surface area contributed by atoms with Crippen LogP contribution in [0.2, 0.25) is 0 Å². The molecule has 0 fully saturated rings. The first-order valence-corrected chi connectivity index (χ1v) is 8.20. The molecule has 7 heteroatoms. The molecule has 0 saturated carbocycles. The minimum atomic E-state index is -0.321. The summed E-state index contributed by atoms with van der Waals surface area (Å²) in [6, 6.07) is 14.8. The van der Waals surface area contributed by atoms with Crippen molar-refractivity contribution in [1.82, 2.24) is 9.97 Å². The van der Waals surface area contributed by atoms with E-state index in [9.17, 15) is 9.59 Å². The summed E-state index contributed by atoms with van der Waals surface area (Å²) in [4.78, 5) is 30.3. The molecule has 0 aliphatic heterocycles. The minimum absolute atomic E-state index is 0.124. The minimum Gasteiger partial charge on any atom is -0.481 e. The monoisotopic (exact) mass is 341 g/mol. The van der Waals surface area contributed by atoms with Crippen LogP contribution in [0.5, 0.6) is 5.88 Å². The number of fused-ring (bicyclic) bond motifs is 1. The van der Waals surface area contributed by atoms with E-state index in [2.05, 4.69) is 15.3 Å². The van der Waals surface area contributed by atoms with Crippen LogP contribution in [-0.4, -0.2) is 28.7 Å². The first-order chi connectivity index (χ1) is 11.7. The number of rotatable bonds is 5. The first kappa shape index (κ1) is 16.1. The third-order valence-electron chi connectivity index (χ3n) is 3.31. The number of nitrogens with one attached hydrogen (secondary N) is 2. The van der Waals surface area contributed by atoms with Crippen molar-refractivity contribution >= 4 is 34.1 Å². The quantitative estimate of drug-likeness (QED) is 0.550. The van der Waals surface area contributed by atoms with Crippen LogP contribution < -0.4 is 15.6 Å². The van der Waals surface area contributed by atoms with Gasteiger partial charge in [0.05, 0.1) is 18.9 Å². The highest BCUT2D eigenvalue weighted by molar-refractivity contribution is 7.99. The summed E-state index contributed by atoms with van der Waals surface area (Å²) in [5.41, 5.74) is 0.435. The van der Waals surface area contributed by atoms with Gasteiger partial charge in [-0.25, -0.2) is 0 Å². The van der Waals surface area contributed by atoms with E-state index in [1.807, 2.05) is 42.5 Å². The lowest BCUT2D eigenvalue weighted by Gasteiger charge is -2.08. The molecule has 0 aliphatic carbocycles. The van der Waals surface area contributed by atoms with Crippen molar-refractivity contribution in [3.63, 3.8) is 0 Å². The predicted molar refractivity (Wildman–Crippen MR) is 94.7 cm³/mol. The highest BCUT2D eigenvalue weighted by Gasteiger charge is 2.08. The third kappa shape index (κ3) is 3.75. The van der Waals surface area contributed by atoms with E-state index in [-0.39, 0.29) is 23.1 Å². The standard InChI is InChI=1S/C17H15N3O3S/c1-23-16-9-14(21)19-17(20-16)24-10-15(22)18-13-8-4-6-11-5-2-3-7-12(11)13/h2-9H,10H2,1H3,(H,18,22)(H,19,20,21). The van der Waals surface area contributed by atoms with Gasteiger partial charge in [0.1, 0.15) is 0 Å². The number of methoxy groups -OCH3 is 1. The predicted octanol–water partition coefficient (Wildman–Crippen LogP) is 2.66. The number of benzene rings is 2. The van der Waals surface area contributed by atoms with Crippen LogP contribution in [0, 0.1) is 0 Å². The fourth-order valence-corrected chi connectivity index (χ4v) is 2.91. The number of amides is 1. The lowest BCUT2D eigenvalue weighted by molar-refractivity contribution is -0.113. The molecule has 0 bridgehead atoms. The summed E-state index contributed by atoms with van der Waals surface area (Å²) in [6.07, 6.45) is 0. The van der Waals surface area contributed by atoms with Crippen LogP contribution in [-0.2, 0) is 4.79 Å². The third-order valence-corrected chi connectivity index (χ3v) is 4.18. The van der Waals surface area contributed by atoms with Gasteiger partial charge in [-0.3, -0.25) is 9.59 Å². The molecular formula is C17H15N3O3S. The van der Waals surface area contributed by atoms with Gasteiger partial charge in [0.15, 0.2) is 5.16 Å². The first-order valence-electron chi connectivity index (χ1n) is 7.21. The molecule has 0 spiro atoms. The van der Waals surface area contributed by atoms with Crippen molar-refractivity contribution in [2.24, 2.45) is 0 Å². The largest absolute Gasteiger partial charge is 0.481 e. The van der Waals surface area contributed by atoms with Gasteiger partial charge < -0.3 is 15.0 Å². The molecular weight excluding hydrogens is 326 g/mol. The van der Waals surface area contributed by atoms with Gasteiger partial charge in [0, 0.05) is 11.1 Å². The molecule has 6 nitrogen and oxygen atoms in total. The Bertz CT molecular complexity index is 934. The summed E-state index contributed by atoms with van der Waals surface area (Å²) in [7, 11) is 1.43. The molecule has 2 N–H and O–H groups in total. The van der Waals surface area contributed by atoms with Gasteiger partial charge in [-0.1, -0.05) is 48.2 Å². The van der Waals surface area contributed by atoms with Crippen molar-refractivity contribution in [2.45, 2.75) is 5.16 Å². The topological polar surface area (TPSA) is 84.1 Å². The molecule has 0 unspecified atom stereocenters. The Morgan fingerprint density at radius 2 is 2.04 bits per heavy atom. The summed E-state index contributed by atoms with van der Waals surface area (Å²) >= 11 is 1.14. The summed E-state index contributed by atoms with van der Waals surface area (Å²) in [5, 5.41) is 5.26. The van der Waals surface area contributed by atoms with E-state index in [0.717, 1.165) is 28.2 Å². The normalized spacial score (nSPS) is 10.5. The number of hydrogen-bond acceptors (Lipinski definition) is 5. The van der Waals surface area contributed by atoms with E-state index >= 15 is 0 Å². The molecule has 0 radical (unpaired) electrons. The number of ether oxygens (including phenoxy) is 1. The maximum Gasteiger partial charge on any atom is 0.255 e. The number of carbonyl (C=O) groups is 1. The lowest BCUT2D eigenvalue weighted by Crippen LogP contribution is -2.15. The molecule has 1 heterocycles. The SMILES string of the molecule is COc1cc(=O)[nH]c(SCC(=O)Nc2cccc3ccccc23)n1. The van der Waals surface area contributed by atoms with Gasteiger partial charge in [0.25, 0.3) is 5.56 Å². The number of hydrogen-bond donors (Lipinski definition) is 2. The number of aromatic nitrogens is 2. The smallest absolute Gasteiger partial charge is 0.255 e.